The summed E-state index contributed by atoms with van der Waals surface area (Å²) in [4.78, 5) is 29.8. The van der Waals surface area contributed by atoms with Crippen LogP contribution in [0, 0.1) is 18.8 Å². The third kappa shape index (κ3) is 6.48. The van der Waals surface area contributed by atoms with Crippen molar-refractivity contribution in [2.45, 2.75) is 66.1 Å². The predicted octanol–water partition coefficient (Wildman–Crippen LogP) is 4.20. The van der Waals surface area contributed by atoms with Crippen molar-refractivity contribution in [2.24, 2.45) is 18.9 Å². The summed E-state index contributed by atoms with van der Waals surface area (Å²) >= 11 is 0. The van der Waals surface area contributed by atoms with Gasteiger partial charge in [0, 0.05) is 50.0 Å². The molecular formula is C29H40N4O4. The molecule has 0 spiro atoms. The van der Waals surface area contributed by atoms with Gasteiger partial charge in [-0.05, 0) is 55.9 Å². The molecule has 2 atom stereocenters. The zero-order valence-electron chi connectivity index (χ0n) is 22.8. The van der Waals surface area contributed by atoms with Gasteiger partial charge in [0.2, 0.25) is 0 Å². The highest BCUT2D eigenvalue weighted by Gasteiger charge is 2.21. The summed E-state index contributed by atoms with van der Waals surface area (Å²) < 4.78 is 15.1. The second-order valence-electron chi connectivity index (χ2n) is 10.6. The Morgan fingerprint density at radius 1 is 1.30 bits per heavy atom. The van der Waals surface area contributed by atoms with E-state index in [9.17, 15) is 9.59 Å². The molecule has 37 heavy (non-hydrogen) atoms. The molecule has 1 aliphatic heterocycles. The molecule has 8 heteroatoms. The van der Waals surface area contributed by atoms with Crippen molar-refractivity contribution in [3.05, 3.63) is 51.9 Å². The zero-order chi connectivity index (χ0) is 26.5. The number of esters is 1. The second kappa shape index (κ2) is 12.0. The van der Waals surface area contributed by atoms with Crippen LogP contribution < -0.4 is 10.9 Å². The Labute approximate surface area is 219 Å². The molecular weight excluding hydrogens is 468 g/mol. The smallest absolute Gasteiger partial charge is 0.323 e. The number of ether oxygens (including phenoxy) is 2. The van der Waals surface area contributed by atoms with E-state index in [-0.39, 0.29) is 17.6 Å². The third-order valence-electron chi connectivity index (χ3n) is 6.93. The van der Waals surface area contributed by atoms with Crippen LogP contribution in [0.4, 0.5) is 0 Å². The van der Waals surface area contributed by atoms with E-state index in [1.54, 1.807) is 11.6 Å². The first kappa shape index (κ1) is 27.1. The van der Waals surface area contributed by atoms with Crippen LogP contribution in [0.25, 0.3) is 22.4 Å². The molecule has 200 valence electrons. The highest BCUT2D eigenvalue weighted by atomic mass is 16.5. The summed E-state index contributed by atoms with van der Waals surface area (Å²) in [5, 5.41) is 3.35. The summed E-state index contributed by atoms with van der Waals surface area (Å²) in [7, 11) is 1.78. The van der Waals surface area contributed by atoms with E-state index < -0.39 is 0 Å². The van der Waals surface area contributed by atoms with Crippen molar-refractivity contribution in [3.8, 4) is 11.4 Å². The maximum Gasteiger partial charge on any atom is 0.323 e. The van der Waals surface area contributed by atoms with Crippen LogP contribution in [0.3, 0.4) is 0 Å². The third-order valence-corrected chi connectivity index (χ3v) is 6.93. The second-order valence-corrected chi connectivity index (χ2v) is 10.6. The minimum absolute atomic E-state index is 0.00199. The molecule has 0 radical (unpaired) electrons. The lowest BCUT2D eigenvalue weighted by Gasteiger charge is -2.23. The van der Waals surface area contributed by atoms with E-state index in [1.807, 2.05) is 40.0 Å². The Morgan fingerprint density at radius 3 is 2.78 bits per heavy atom. The topological polar surface area (TPSA) is 87.4 Å². The molecule has 0 saturated carbocycles. The first-order chi connectivity index (χ1) is 17.8. The minimum Gasteiger partial charge on any atom is -0.464 e. The van der Waals surface area contributed by atoms with Crippen LogP contribution in [0.15, 0.2) is 35.3 Å². The van der Waals surface area contributed by atoms with Gasteiger partial charge in [0.15, 0.2) is 0 Å². The molecule has 2 aromatic heterocycles. The maximum atomic E-state index is 12.5. The predicted molar refractivity (Wildman–Crippen MR) is 145 cm³/mol. The van der Waals surface area contributed by atoms with Crippen LogP contribution in [-0.2, 0) is 34.4 Å². The fourth-order valence-electron chi connectivity index (χ4n) is 4.88. The number of imidazole rings is 1. The van der Waals surface area contributed by atoms with Gasteiger partial charge in [-0.2, -0.15) is 0 Å². The van der Waals surface area contributed by atoms with Gasteiger partial charge in [-0.25, -0.2) is 4.98 Å². The quantitative estimate of drug-likeness (QED) is 0.413. The normalized spacial score (nSPS) is 16.9. The average Bonchev–Trinajstić information content (AvgIpc) is 3.24. The number of nitrogens with one attached hydrogen (secondary N) is 1. The minimum atomic E-state index is -0.345. The molecule has 0 bridgehead atoms. The monoisotopic (exact) mass is 508 g/mol. The Hall–Kier alpha value is -2.97. The summed E-state index contributed by atoms with van der Waals surface area (Å²) in [5.74, 6) is 1.38. The van der Waals surface area contributed by atoms with E-state index in [0.717, 1.165) is 60.6 Å². The fraction of sp³-hybridized carbons (Fsp3) is 0.552. The molecule has 3 aromatic rings. The molecule has 1 aliphatic rings. The van der Waals surface area contributed by atoms with Gasteiger partial charge < -0.3 is 23.9 Å². The van der Waals surface area contributed by atoms with E-state index in [0.29, 0.717) is 37.0 Å². The highest BCUT2D eigenvalue weighted by Crippen LogP contribution is 2.28. The molecule has 1 N–H and O–H groups in total. The van der Waals surface area contributed by atoms with Crippen molar-refractivity contribution in [2.75, 3.05) is 19.8 Å². The Bertz CT molecular complexity index is 1260. The van der Waals surface area contributed by atoms with E-state index in [4.69, 9.17) is 14.5 Å². The standard InChI is InChI=1S/C29H40N4O4/c1-6-24(29(35)37-17-19(2)3)30-14-21-9-10-26-25(13-21)31-27(23-12-20(4)28(34)32(5)16-23)33(26)15-22-8-7-11-36-18-22/h9-10,12-13,16,19,22,24,30H,6-8,11,14-15,17-18H2,1-5H3/t22-,24-/m0/s1. The molecule has 1 saturated heterocycles. The zero-order valence-corrected chi connectivity index (χ0v) is 22.8. The number of nitrogens with zero attached hydrogens (tertiary/aromatic N) is 3. The molecule has 8 nitrogen and oxygen atoms in total. The van der Waals surface area contributed by atoms with Gasteiger partial charge in [0.25, 0.3) is 5.56 Å². The number of fused-ring (bicyclic) bond motifs is 1. The summed E-state index contributed by atoms with van der Waals surface area (Å²) in [6.07, 6.45) is 4.72. The number of hydrogen-bond acceptors (Lipinski definition) is 6. The van der Waals surface area contributed by atoms with Gasteiger partial charge >= 0.3 is 5.97 Å². The van der Waals surface area contributed by atoms with E-state index >= 15 is 0 Å². The van der Waals surface area contributed by atoms with Gasteiger partial charge in [0.1, 0.15) is 11.9 Å². The van der Waals surface area contributed by atoms with Crippen LogP contribution >= 0.6 is 0 Å². The lowest BCUT2D eigenvalue weighted by molar-refractivity contribution is -0.147. The Morgan fingerprint density at radius 2 is 2.11 bits per heavy atom. The molecule has 0 amide bonds. The van der Waals surface area contributed by atoms with Crippen LogP contribution in [0.1, 0.15) is 51.2 Å². The molecule has 1 aromatic carbocycles. The van der Waals surface area contributed by atoms with Crippen molar-refractivity contribution in [1.29, 1.82) is 0 Å². The first-order valence-corrected chi connectivity index (χ1v) is 13.4. The van der Waals surface area contributed by atoms with Crippen molar-refractivity contribution in [3.63, 3.8) is 0 Å². The number of hydrogen-bond donors (Lipinski definition) is 1. The summed E-state index contributed by atoms with van der Waals surface area (Å²) in [6.45, 7) is 11.2. The van der Waals surface area contributed by atoms with E-state index in [2.05, 4.69) is 28.1 Å². The number of carbonyl (C=O) groups excluding carboxylic acids is 1. The number of carbonyl (C=O) groups is 1. The number of pyridine rings is 1. The molecule has 3 heterocycles. The van der Waals surface area contributed by atoms with Crippen LogP contribution in [0.5, 0.6) is 0 Å². The molecule has 0 unspecified atom stereocenters. The number of aryl methyl sites for hydroxylation is 2. The molecule has 4 rings (SSSR count). The lowest BCUT2D eigenvalue weighted by atomic mass is 10.0. The number of aromatic nitrogens is 3. The van der Waals surface area contributed by atoms with Crippen molar-refractivity contribution in [1.82, 2.24) is 19.4 Å². The van der Waals surface area contributed by atoms with E-state index in [1.165, 1.54) is 0 Å². The molecule has 1 fully saturated rings. The van der Waals surface area contributed by atoms with Crippen molar-refractivity contribution < 1.29 is 14.3 Å². The largest absolute Gasteiger partial charge is 0.464 e. The lowest BCUT2D eigenvalue weighted by Crippen LogP contribution is -2.37. The molecule has 0 aliphatic carbocycles. The van der Waals surface area contributed by atoms with Gasteiger partial charge in [-0.1, -0.05) is 26.8 Å². The summed E-state index contributed by atoms with van der Waals surface area (Å²) in [5.41, 5.74) is 4.62. The van der Waals surface area contributed by atoms with Gasteiger partial charge in [-0.3, -0.25) is 9.59 Å². The van der Waals surface area contributed by atoms with Gasteiger partial charge in [-0.15, -0.1) is 0 Å². The SMILES string of the molecule is CC[C@H](NCc1ccc2c(c1)nc(-c1cc(C)c(=O)n(C)c1)n2C[C@@H]1CCCOC1)C(=O)OCC(C)C. The van der Waals surface area contributed by atoms with Crippen molar-refractivity contribution >= 4 is 17.0 Å². The van der Waals surface area contributed by atoms with Gasteiger partial charge in [0.05, 0.1) is 24.2 Å². The Kier molecular flexibility index (Phi) is 8.82. The summed E-state index contributed by atoms with van der Waals surface area (Å²) in [6, 6.07) is 7.86. The first-order valence-electron chi connectivity index (χ1n) is 13.4. The highest BCUT2D eigenvalue weighted by molar-refractivity contribution is 5.81. The Balaban J connectivity index is 1.63. The fourth-order valence-corrected chi connectivity index (χ4v) is 4.88. The number of benzene rings is 1. The van der Waals surface area contributed by atoms with Crippen LogP contribution in [-0.4, -0.2) is 45.9 Å². The number of rotatable bonds is 10. The van der Waals surface area contributed by atoms with Crippen LogP contribution in [0.2, 0.25) is 0 Å². The maximum absolute atomic E-state index is 12.5. The average molecular weight is 509 g/mol.